The molecule has 8 heteroatoms. The van der Waals surface area contributed by atoms with E-state index in [4.69, 9.17) is 4.74 Å². The highest BCUT2D eigenvalue weighted by Gasteiger charge is 2.37. The van der Waals surface area contributed by atoms with Gasteiger partial charge in [-0.15, -0.1) is 0 Å². The zero-order valence-electron chi connectivity index (χ0n) is 20.4. The van der Waals surface area contributed by atoms with Crippen molar-refractivity contribution in [1.29, 1.82) is 5.26 Å². The molecule has 2 N–H and O–H groups in total. The minimum atomic E-state index is -1.02. The lowest BCUT2D eigenvalue weighted by atomic mass is 9.98. The van der Waals surface area contributed by atoms with Gasteiger partial charge in [-0.3, -0.25) is 9.59 Å². The third-order valence-electron chi connectivity index (χ3n) is 4.51. The highest BCUT2D eigenvalue weighted by Crippen LogP contribution is 2.24. The maximum atomic E-state index is 13.6. The first-order valence-corrected chi connectivity index (χ1v) is 10.8. The molecular weight excluding hydrogens is 408 g/mol. The van der Waals surface area contributed by atoms with E-state index in [0.717, 1.165) is 5.56 Å². The fourth-order valence-corrected chi connectivity index (χ4v) is 3.08. The number of rotatable bonds is 8. The van der Waals surface area contributed by atoms with Crippen molar-refractivity contribution in [2.24, 2.45) is 5.92 Å². The van der Waals surface area contributed by atoms with Crippen LogP contribution in [-0.4, -0.2) is 47.0 Å². The van der Waals surface area contributed by atoms with Crippen LogP contribution in [0.5, 0.6) is 0 Å². The first-order chi connectivity index (χ1) is 14.8. The lowest BCUT2D eigenvalue weighted by Crippen LogP contribution is -2.55. The summed E-state index contributed by atoms with van der Waals surface area (Å²) in [5, 5.41) is 14.9. The van der Waals surface area contributed by atoms with E-state index < -0.39 is 35.6 Å². The van der Waals surface area contributed by atoms with Crippen molar-refractivity contribution in [2.45, 2.75) is 79.1 Å². The number of hydrogen-bond acceptors (Lipinski definition) is 5. The predicted molar refractivity (Wildman–Crippen MR) is 123 cm³/mol. The molecule has 32 heavy (non-hydrogen) atoms. The number of carbonyl (C=O) groups is 3. The Bertz CT molecular complexity index is 835. The maximum Gasteiger partial charge on any atom is 0.408 e. The van der Waals surface area contributed by atoms with Crippen LogP contribution < -0.4 is 10.6 Å². The summed E-state index contributed by atoms with van der Waals surface area (Å²) in [6.45, 7) is 14.0. The van der Waals surface area contributed by atoms with Crippen LogP contribution >= 0.6 is 0 Å². The average molecular weight is 445 g/mol. The zero-order valence-corrected chi connectivity index (χ0v) is 20.4. The standard InChI is InChI=1S/C24H36N4O4/c1-15(2)19(27-23(31)32-24(6,7)8)22(30)28(14-13-25)20(21(29)26-16(3)4)18-11-9-17(5)10-12-18/h9-12,15-16,19-20H,14H2,1-8H3,(H,26,29)(H,27,31). The minimum absolute atomic E-state index is 0.157. The van der Waals surface area contributed by atoms with Crippen molar-refractivity contribution in [1.82, 2.24) is 15.5 Å². The van der Waals surface area contributed by atoms with Gasteiger partial charge >= 0.3 is 6.09 Å². The van der Waals surface area contributed by atoms with Crippen molar-refractivity contribution >= 4 is 17.9 Å². The molecule has 3 amide bonds. The quantitative estimate of drug-likeness (QED) is 0.597. The summed E-state index contributed by atoms with van der Waals surface area (Å²) in [6, 6.07) is 7.06. The van der Waals surface area contributed by atoms with Crippen LogP contribution in [0, 0.1) is 24.2 Å². The number of ether oxygens (including phenoxy) is 1. The molecule has 0 saturated heterocycles. The largest absolute Gasteiger partial charge is 0.444 e. The molecule has 0 spiro atoms. The lowest BCUT2D eigenvalue weighted by Gasteiger charge is -2.34. The number of nitrogens with zero attached hydrogens (tertiary/aromatic N) is 2. The molecule has 2 atom stereocenters. The molecule has 8 nitrogen and oxygen atoms in total. The Morgan fingerprint density at radius 3 is 2.06 bits per heavy atom. The summed E-state index contributed by atoms with van der Waals surface area (Å²) in [5.74, 6) is -1.23. The molecule has 0 aliphatic carbocycles. The molecule has 0 saturated carbocycles. The minimum Gasteiger partial charge on any atom is -0.444 e. The summed E-state index contributed by atoms with van der Waals surface area (Å²) in [5.41, 5.74) is 0.849. The number of nitriles is 1. The molecule has 0 aromatic heterocycles. The summed E-state index contributed by atoms with van der Waals surface area (Å²) in [4.78, 5) is 40.3. The van der Waals surface area contributed by atoms with Gasteiger partial charge in [0.1, 0.15) is 24.2 Å². The number of benzene rings is 1. The fraction of sp³-hybridized carbons (Fsp3) is 0.583. The van der Waals surface area contributed by atoms with Gasteiger partial charge in [-0.1, -0.05) is 43.7 Å². The second kappa shape index (κ2) is 11.5. The number of nitrogens with one attached hydrogen (secondary N) is 2. The van der Waals surface area contributed by atoms with Crippen LogP contribution in [0.2, 0.25) is 0 Å². The van der Waals surface area contributed by atoms with Crippen molar-refractivity contribution in [3.8, 4) is 6.07 Å². The second-order valence-electron chi connectivity index (χ2n) is 9.47. The predicted octanol–water partition coefficient (Wildman–Crippen LogP) is 3.46. The van der Waals surface area contributed by atoms with Crippen molar-refractivity contribution in [2.75, 3.05) is 6.54 Å². The zero-order chi connectivity index (χ0) is 24.6. The van der Waals surface area contributed by atoms with E-state index in [2.05, 4.69) is 10.6 Å². The molecule has 0 bridgehead atoms. The Balaban J connectivity index is 3.38. The lowest BCUT2D eigenvalue weighted by molar-refractivity contribution is -0.142. The number of amides is 3. The van der Waals surface area contributed by atoms with Gasteiger partial charge in [-0.2, -0.15) is 5.26 Å². The van der Waals surface area contributed by atoms with Crippen LogP contribution in [0.25, 0.3) is 0 Å². The third kappa shape index (κ3) is 8.22. The summed E-state index contributed by atoms with van der Waals surface area (Å²) in [7, 11) is 0. The van der Waals surface area contributed by atoms with Crippen LogP contribution in [0.15, 0.2) is 24.3 Å². The van der Waals surface area contributed by atoms with Gasteiger partial charge < -0.3 is 20.3 Å². The molecule has 1 aromatic rings. The molecular formula is C24H36N4O4. The first kappa shape index (κ1) is 27.0. The molecule has 2 unspecified atom stereocenters. The molecule has 0 heterocycles. The molecule has 0 fully saturated rings. The third-order valence-corrected chi connectivity index (χ3v) is 4.51. The first-order valence-electron chi connectivity index (χ1n) is 10.8. The monoisotopic (exact) mass is 444 g/mol. The van der Waals surface area contributed by atoms with Gasteiger partial charge in [-0.25, -0.2) is 4.79 Å². The number of hydrogen-bond donors (Lipinski definition) is 2. The summed E-state index contributed by atoms with van der Waals surface area (Å²) >= 11 is 0. The summed E-state index contributed by atoms with van der Waals surface area (Å²) < 4.78 is 5.30. The number of alkyl carbamates (subject to hydrolysis) is 1. The van der Waals surface area contributed by atoms with E-state index in [1.165, 1.54) is 4.90 Å². The van der Waals surface area contributed by atoms with Gasteiger partial charge in [0.15, 0.2) is 0 Å². The van der Waals surface area contributed by atoms with Gasteiger partial charge in [0.05, 0.1) is 6.07 Å². The van der Waals surface area contributed by atoms with Gasteiger partial charge in [-0.05, 0) is 53.0 Å². The van der Waals surface area contributed by atoms with Crippen LogP contribution in [-0.2, 0) is 14.3 Å². The van der Waals surface area contributed by atoms with E-state index in [-0.39, 0.29) is 18.5 Å². The van der Waals surface area contributed by atoms with E-state index in [0.29, 0.717) is 5.56 Å². The van der Waals surface area contributed by atoms with E-state index in [1.807, 2.05) is 39.0 Å². The number of carbonyl (C=O) groups excluding carboxylic acids is 3. The Morgan fingerprint density at radius 1 is 1.06 bits per heavy atom. The highest BCUT2D eigenvalue weighted by molar-refractivity contribution is 5.92. The Morgan fingerprint density at radius 2 is 1.62 bits per heavy atom. The van der Waals surface area contributed by atoms with Crippen LogP contribution in [0.4, 0.5) is 4.79 Å². The highest BCUT2D eigenvalue weighted by atomic mass is 16.6. The summed E-state index contributed by atoms with van der Waals surface area (Å²) in [6.07, 6.45) is -0.736. The van der Waals surface area contributed by atoms with Crippen LogP contribution in [0.3, 0.4) is 0 Å². The smallest absolute Gasteiger partial charge is 0.408 e. The van der Waals surface area contributed by atoms with Crippen LogP contribution in [0.1, 0.15) is 65.6 Å². The molecule has 0 radical (unpaired) electrons. The number of aryl methyl sites for hydroxylation is 1. The maximum absolute atomic E-state index is 13.6. The topological polar surface area (TPSA) is 112 Å². The molecule has 1 rings (SSSR count). The van der Waals surface area contributed by atoms with Crippen molar-refractivity contribution in [3.05, 3.63) is 35.4 Å². The molecule has 176 valence electrons. The molecule has 0 aliphatic heterocycles. The van der Waals surface area contributed by atoms with Crippen molar-refractivity contribution in [3.63, 3.8) is 0 Å². The average Bonchev–Trinajstić information content (AvgIpc) is 2.64. The Labute approximate surface area is 191 Å². The van der Waals surface area contributed by atoms with Gasteiger partial charge in [0, 0.05) is 6.04 Å². The second-order valence-corrected chi connectivity index (χ2v) is 9.47. The Kier molecular flexibility index (Phi) is 9.70. The Hall–Kier alpha value is -3.08. The van der Waals surface area contributed by atoms with Crippen molar-refractivity contribution < 1.29 is 19.1 Å². The van der Waals surface area contributed by atoms with E-state index in [9.17, 15) is 19.6 Å². The van der Waals surface area contributed by atoms with E-state index >= 15 is 0 Å². The van der Waals surface area contributed by atoms with E-state index in [1.54, 1.807) is 46.8 Å². The molecule has 1 aromatic carbocycles. The van der Waals surface area contributed by atoms with Gasteiger partial charge in [0.25, 0.3) is 0 Å². The fourth-order valence-electron chi connectivity index (χ4n) is 3.08. The SMILES string of the molecule is Cc1ccc(C(C(=O)NC(C)C)N(CC#N)C(=O)C(NC(=O)OC(C)(C)C)C(C)C)cc1. The molecule has 0 aliphatic rings. The van der Waals surface area contributed by atoms with Gasteiger partial charge in [0.2, 0.25) is 11.8 Å². The normalized spacial score (nSPS) is 13.2.